The Labute approximate surface area is 129 Å². The van der Waals surface area contributed by atoms with Crippen molar-refractivity contribution in [2.45, 2.75) is 0 Å². The molecule has 0 radical (unpaired) electrons. The number of morpholine rings is 1. The number of rotatable bonds is 1. The van der Waals surface area contributed by atoms with Crippen LogP contribution >= 0.6 is 11.6 Å². The molecule has 0 saturated carbocycles. The smallest absolute Gasteiger partial charge is 0.320 e. The first-order valence-corrected chi connectivity index (χ1v) is 7.60. The van der Waals surface area contributed by atoms with Crippen LogP contribution in [0, 0.1) is 0 Å². The van der Waals surface area contributed by atoms with Gasteiger partial charge < -0.3 is 19.4 Å². The van der Waals surface area contributed by atoms with Gasteiger partial charge in [-0.15, -0.1) is 0 Å². The minimum atomic E-state index is 0.130. The maximum absolute atomic E-state index is 12.4. The van der Waals surface area contributed by atoms with Gasteiger partial charge in [0.15, 0.2) is 0 Å². The Morgan fingerprint density at radius 1 is 1.10 bits per heavy atom. The van der Waals surface area contributed by atoms with Gasteiger partial charge in [0.25, 0.3) is 0 Å². The molecule has 3 rings (SSSR count). The molecule has 0 N–H and O–H groups in total. The molecule has 3 heterocycles. The van der Waals surface area contributed by atoms with Crippen molar-refractivity contribution in [3.8, 4) is 0 Å². The van der Waals surface area contributed by atoms with Crippen LogP contribution in [0.5, 0.6) is 0 Å². The fourth-order valence-corrected chi connectivity index (χ4v) is 2.87. The topological polar surface area (TPSA) is 48.9 Å². The first kappa shape index (κ1) is 14.4. The standard InChI is InChI=1S/C14H19ClN4O2/c15-13-11-12(1-2-16-13)17-3-5-18(6-4-17)14(20)19-7-9-21-10-8-19/h1-2,11H,3-10H2. The molecule has 2 amide bonds. The van der Waals surface area contributed by atoms with Gasteiger partial charge in [0, 0.05) is 51.2 Å². The number of aromatic nitrogens is 1. The summed E-state index contributed by atoms with van der Waals surface area (Å²) in [4.78, 5) is 22.4. The third-order valence-electron chi connectivity index (χ3n) is 3.91. The van der Waals surface area contributed by atoms with Crippen LogP contribution in [0.15, 0.2) is 18.3 Å². The third-order valence-corrected chi connectivity index (χ3v) is 4.11. The highest BCUT2D eigenvalue weighted by Gasteiger charge is 2.26. The van der Waals surface area contributed by atoms with E-state index in [9.17, 15) is 4.79 Å². The lowest BCUT2D eigenvalue weighted by Gasteiger charge is -2.39. The van der Waals surface area contributed by atoms with Crippen molar-refractivity contribution < 1.29 is 9.53 Å². The number of carbonyl (C=O) groups excluding carboxylic acids is 1. The lowest BCUT2D eigenvalue weighted by atomic mass is 10.2. The number of urea groups is 1. The van der Waals surface area contributed by atoms with E-state index < -0.39 is 0 Å². The van der Waals surface area contributed by atoms with E-state index in [1.54, 1.807) is 6.20 Å². The largest absolute Gasteiger partial charge is 0.378 e. The van der Waals surface area contributed by atoms with Crippen molar-refractivity contribution in [3.63, 3.8) is 0 Å². The molecule has 0 aliphatic carbocycles. The Bertz CT molecular complexity index is 500. The van der Waals surface area contributed by atoms with E-state index in [0.717, 1.165) is 31.9 Å². The van der Waals surface area contributed by atoms with E-state index in [2.05, 4.69) is 9.88 Å². The zero-order valence-corrected chi connectivity index (χ0v) is 12.6. The van der Waals surface area contributed by atoms with E-state index in [0.29, 0.717) is 31.5 Å². The maximum Gasteiger partial charge on any atom is 0.320 e. The molecule has 2 aliphatic heterocycles. The molecule has 21 heavy (non-hydrogen) atoms. The molecule has 0 spiro atoms. The van der Waals surface area contributed by atoms with Crippen LogP contribution in [0.2, 0.25) is 5.15 Å². The van der Waals surface area contributed by atoms with Gasteiger partial charge in [-0.05, 0) is 12.1 Å². The number of hydrogen-bond acceptors (Lipinski definition) is 4. The molecule has 0 bridgehead atoms. The maximum atomic E-state index is 12.4. The molecule has 1 aromatic heterocycles. The summed E-state index contributed by atoms with van der Waals surface area (Å²) in [5.74, 6) is 0. The molecule has 0 atom stereocenters. The van der Waals surface area contributed by atoms with Gasteiger partial charge >= 0.3 is 6.03 Å². The number of piperazine rings is 1. The number of carbonyl (C=O) groups is 1. The minimum absolute atomic E-state index is 0.130. The molecule has 1 aromatic rings. The van der Waals surface area contributed by atoms with Crippen LogP contribution in [0.3, 0.4) is 0 Å². The molecule has 2 fully saturated rings. The average Bonchev–Trinajstić information content (AvgIpc) is 2.55. The lowest BCUT2D eigenvalue weighted by molar-refractivity contribution is 0.0428. The zero-order valence-electron chi connectivity index (χ0n) is 11.9. The fourth-order valence-electron chi connectivity index (χ4n) is 2.70. The molecular formula is C14H19ClN4O2. The van der Waals surface area contributed by atoms with Crippen molar-refractivity contribution in [1.82, 2.24) is 14.8 Å². The summed E-state index contributed by atoms with van der Waals surface area (Å²) in [6.45, 7) is 5.76. The summed E-state index contributed by atoms with van der Waals surface area (Å²) >= 11 is 5.92. The highest BCUT2D eigenvalue weighted by molar-refractivity contribution is 6.29. The van der Waals surface area contributed by atoms with Crippen molar-refractivity contribution in [1.29, 1.82) is 0 Å². The summed E-state index contributed by atoms with van der Waals surface area (Å²) in [6.07, 6.45) is 1.71. The summed E-state index contributed by atoms with van der Waals surface area (Å²) in [6, 6.07) is 3.94. The summed E-state index contributed by atoms with van der Waals surface area (Å²) in [5.41, 5.74) is 1.06. The number of pyridine rings is 1. The zero-order chi connectivity index (χ0) is 14.7. The van der Waals surface area contributed by atoms with Gasteiger partial charge in [-0.2, -0.15) is 0 Å². The van der Waals surface area contributed by atoms with E-state index in [4.69, 9.17) is 16.3 Å². The third kappa shape index (κ3) is 3.39. The van der Waals surface area contributed by atoms with E-state index in [1.165, 1.54) is 0 Å². The highest BCUT2D eigenvalue weighted by Crippen LogP contribution is 2.19. The Morgan fingerprint density at radius 2 is 1.76 bits per heavy atom. The van der Waals surface area contributed by atoms with Crippen molar-refractivity contribution in [3.05, 3.63) is 23.5 Å². The van der Waals surface area contributed by atoms with Gasteiger partial charge in [-0.25, -0.2) is 9.78 Å². The second-order valence-electron chi connectivity index (χ2n) is 5.19. The number of anilines is 1. The number of amides is 2. The normalized spacial score (nSPS) is 19.8. The molecule has 114 valence electrons. The number of halogens is 1. The van der Waals surface area contributed by atoms with Gasteiger partial charge in [-0.3, -0.25) is 0 Å². The minimum Gasteiger partial charge on any atom is -0.378 e. The van der Waals surface area contributed by atoms with Crippen LogP contribution < -0.4 is 4.90 Å². The quantitative estimate of drug-likeness (QED) is 0.734. The SMILES string of the molecule is O=C(N1CCOCC1)N1CCN(c2ccnc(Cl)c2)CC1. The fraction of sp³-hybridized carbons (Fsp3) is 0.571. The highest BCUT2D eigenvalue weighted by atomic mass is 35.5. The molecule has 0 aromatic carbocycles. The first-order valence-electron chi connectivity index (χ1n) is 7.22. The van der Waals surface area contributed by atoms with Crippen LogP contribution in [0.1, 0.15) is 0 Å². The van der Waals surface area contributed by atoms with Gasteiger partial charge in [0.1, 0.15) is 5.15 Å². The van der Waals surface area contributed by atoms with Gasteiger partial charge in [0.2, 0.25) is 0 Å². The monoisotopic (exact) mass is 310 g/mol. The lowest BCUT2D eigenvalue weighted by Crippen LogP contribution is -2.54. The number of hydrogen-bond donors (Lipinski definition) is 0. The Kier molecular flexibility index (Phi) is 4.45. The van der Waals surface area contributed by atoms with Crippen LogP contribution in [0.25, 0.3) is 0 Å². The van der Waals surface area contributed by atoms with E-state index in [1.807, 2.05) is 21.9 Å². The Hall–Kier alpha value is -1.53. The summed E-state index contributed by atoms with van der Waals surface area (Å²) in [7, 11) is 0. The molecule has 2 aliphatic rings. The predicted molar refractivity (Wildman–Crippen MR) is 80.8 cm³/mol. The van der Waals surface area contributed by atoms with Crippen molar-refractivity contribution in [2.75, 3.05) is 57.4 Å². The summed E-state index contributed by atoms with van der Waals surface area (Å²) in [5, 5.41) is 0.499. The molecular weight excluding hydrogens is 292 g/mol. The first-order chi connectivity index (χ1) is 10.2. The molecule has 6 nitrogen and oxygen atoms in total. The molecule has 0 unspecified atom stereocenters. The summed E-state index contributed by atoms with van der Waals surface area (Å²) < 4.78 is 5.28. The van der Waals surface area contributed by atoms with Crippen LogP contribution in [-0.2, 0) is 4.74 Å². The Morgan fingerprint density at radius 3 is 2.43 bits per heavy atom. The Balaban J connectivity index is 1.56. The average molecular weight is 311 g/mol. The second-order valence-corrected chi connectivity index (χ2v) is 5.58. The van der Waals surface area contributed by atoms with Crippen LogP contribution in [0.4, 0.5) is 10.5 Å². The van der Waals surface area contributed by atoms with Crippen LogP contribution in [-0.4, -0.2) is 73.3 Å². The number of nitrogens with zero attached hydrogens (tertiary/aromatic N) is 4. The second kappa shape index (κ2) is 6.49. The van der Waals surface area contributed by atoms with Gasteiger partial charge in [0.05, 0.1) is 13.2 Å². The number of ether oxygens (including phenoxy) is 1. The molecule has 7 heteroatoms. The van der Waals surface area contributed by atoms with E-state index >= 15 is 0 Å². The van der Waals surface area contributed by atoms with Crippen molar-refractivity contribution in [2.24, 2.45) is 0 Å². The molecule has 2 saturated heterocycles. The van der Waals surface area contributed by atoms with Gasteiger partial charge in [-0.1, -0.05) is 11.6 Å². The van der Waals surface area contributed by atoms with Crippen molar-refractivity contribution >= 4 is 23.3 Å². The predicted octanol–water partition coefficient (Wildman–Crippen LogP) is 1.31. The van der Waals surface area contributed by atoms with E-state index in [-0.39, 0.29) is 6.03 Å².